The van der Waals surface area contributed by atoms with E-state index in [4.69, 9.17) is 9.84 Å². The number of rotatable bonds is 6. The van der Waals surface area contributed by atoms with Crippen LogP contribution in [-0.4, -0.2) is 53.8 Å². The van der Waals surface area contributed by atoms with Gasteiger partial charge in [0.25, 0.3) is 0 Å². The summed E-state index contributed by atoms with van der Waals surface area (Å²) in [5, 5.41) is 11.7. The molecule has 6 heteroatoms. The van der Waals surface area contributed by atoms with Crippen molar-refractivity contribution in [1.82, 2.24) is 10.2 Å². The number of carbonyl (C=O) groups excluding carboxylic acids is 1. The second kappa shape index (κ2) is 7.33. The third-order valence-electron chi connectivity index (χ3n) is 3.60. The van der Waals surface area contributed by atoms with Gasteiger partial charge in [-0.2, -0.15) is 0 Å². The number of ether oxygens (including phenoxy) is 1. The zero-order valence-electron chi connectivity index (χ0n) is 11.9. The minimum absolute atomic E-state index is 0.00494. The molecule has 1 saturated heterocycles. The first kappa shape index (κ1) is 15.8. The topological polar surface area (TPSA) is 78.9 Å². The van der Waals surface area contributed by atoms with Crippen LogP contribution in [0.15, 0.2) is 0 Å². The maximum absolute atomic E-state index is 12.0. The number of urea groups is 1. The summed E-state index contributed by atoms with van der Waals surface area (Å²) in [4.78, 5) is 24.7. The molecule has 0 aromatic heterocycles. The summed E-state index contributed by atoms with van der Waals surface area (Å²) in [5.74, 6) is -0.981. The average Bonchev–Trinajstić information content (AvgIpc) is 2.79. The largest absolute Gasteiger partial charge is 0.480 e. The van der Waals surface area contributed by atoms with Gasteiger partial charge >= 0.3 is 12.0 Å². The van der Waals surface area contributed by atoms with Gasteiger partial charge in [-0.3, -0.25) is 0 Å². The number of likely N-dealkylation sites (N-methyl/N-ethyl adjacent to an activating group) is 1. The van der Waals surface area contributed by atoms with E-state index < -0.39 is 12.0 Å². The van der Waals surface area contributed by atoms with Crippen LogP contribution < -0.4 is 5.32 Å². The van der Waals surface area contributed by atoms with E-state index >= 15 is 0 Å². The van der Waals surface area contributed by atoms with Crippen LogP contribution in [0, 0.1) is 0 Å². The van der Waals surface area contributed by atoms with Gasteiger partial charge in [-0.25, -0.2) is 9.59 Å². The number of carbonyl (C=O) groups is 2. The molecule has 0 saturated carbocycles. The summed E-state index contributed by atoms with van der Waals surface area (Å²) in [6, 6.07) is -1.14. The predicted molar refractivity (Wildman–Crippen MR) is 71.1 cm³/mol. The summed E-state index contributed by atoms with van der Waals surface area (Å²) in [6.07, 6.45) is 2.93. The lowest BCUT2D eigenvalue weighted by Crippen LogP contribution is -2.51. The van der Waals surface area contributed by atoms with Gasteiger partial charge in [0, 0.05) is 13.7 Å². The summed E-state index contributed by atoms with van der Waals surface area (Å²) >= 11 is 0. The van der Waals surface area contributed by atoms with Crippen LogP contribution >= 0.6 is 0 Å². The molecule has 1 heterocycles. The Morgan fingerprint density at radius 1 is 1.53 bits per heavy atom. The first-order valence-electron chi connectivity index (χ1n) is 6.85. The maximum Gasteiger partial charge on any atom is 0.326 e. The van der Waals surface area contributed by atoms with Crippen molar-refractivity contribution in [1.29, 1.82) is 0 Å². The number of carboxylic acid groups (broad SMARTS) is 1. The molecule has 3 atom stereocenters. The zero-order valence-corrected chi connectivity index (χ0v) is 11.9. The van der Waals surface area contributed by atoms with Gasteiger partial charge in [-0.1, -0.05) is 19.8 Å². The van der Waals surface area contributed by atoms with Crippen molar-refractivity contribution >= 4 is 12.0 Å². The molecule has 2 unspecified atom stereocenters. The second-order valence-electron chi connectivity index (χ2n) is 5.03. The van der Waals surface area contributed by atoms with Gasteiger partial charge in [-0.05, 0) is 19.8 Å². The molecule has 0 aromatic rings. The Kier molecular flexibility index (Phi) is 6.08. The molecule has 1 aliphatic rings. The molecule has 1 aliphatic heterocycles. The first-order chi connectivity index (χ1) is 8.97. The van der Waals surface area contributed by atoms with E-state index in [9.17, 15) is 9.59 Å². The fraction of sp³-hybridized carbons (Fsp3) is 0.846. The zero-order chi connectivity index (χ0) is 14.4. The molecule has 2 N–H and O–H groups in total. The van der Waals surface area contributed by atoms with Crippen molar-refractivity contribution < 1.29 is 19.4 Å². The number of unbranched alkanes of at least 4 members (excludes halogenated alkanes) is 1. The van der Waals surface area contributed by atoms with E-state index in [0.29, 0.717) is 13.0 Å². The standard InChI is InChI=1S/C13H24N2O4/c1-4-5-6-10(12(16)17)14-13(18)15(3)11-7-8-19-9(11)2/h9-11H,4-8H2,1-3H3,(H,14,18)(H,16,17)/t9?,10-,11?/m0/s1. The molecule has 19 heavy (non-hydrogen) atoms. The minimum Gasteiger partial charge on any atom is -0.480 e. The van der Waals surface area contributed by atoms with E-state index in [2.05, 4.69) is 5.32 Å². The average molecular weight is 272 g/mol. The van der Waals surface area contributed by atoms with Gasteiger partial charge in [0.1, 0.15) is 6.04 Å². The lowest BCUT2D eigenvalue weighted by molar-refractivity contribution is -0.139. The maximum atomic E-state index is 12.0. The van der Waals surface area contributed by atoms with Crippen molar-refractivity contribution in [2.24, 2.45) is 0 Å². The van der Waals surface area contributed by atoms with Crippen LogP contribution in [0.3, 0.4) is 0 Å². The van der Waals surface area contributed by atoms with Crippen molar-refractivity contribution in [3.63, 3.8) is 0 Å². The van der Waals surface area contributed by atoms with Gasteiger partial charge in [0.15, 0.2) is 0 Å². The van der Waals surface area contributed by atoms with Crippen molar-refractivity contribution in [2.75, 3.05) is 13.7 Å². The number of carboxylic acids is 1. The van der Waals surface area contributed by atoms with Crippen molar-refractivity contribution in [3.8, 4) is 0 Å². The fourth-order valence-corrected chi connectivity index (χ4v) is 2.30. The number of nitrogens with one attached hydrogen (secondary N) is 1. The molecule has 6 nitrogen and oxygen atoms in total. The highest BCUT2D eigenvalue weighted by Gasteiger charge is 2.32. The van der Waals surface area contributed by atoms with Gasteiger partial charge in [0.2, 0.25) is 0 Å². The third kappa shape index (κ3) is 4.38. The Hall–Kier alpha value is -1.30. The fourth-order valence-electron chi connectivity index (χ4n) is 2.30. The Morgan fingerprint density at radius 3 is 2.68 bits per heavy atom. The highest BCUT2D eigenvalue weighted by Crippen LogP contribution is 2.18. The van der Waals surface area contributed by atoms with Crippen molar-refractivity contribution in [3.05, 3.63) is 0 Å². The van der Waals surface area contributed by atoms with E-state index in [-0.39, 0.29) is 18.2 Å². The number of nitrogens with zero attached hydrogens (tertiary/aromatic N) is 1. The monoisotopic (exact) mass is 272 g/mol. The summed E-state index contributed by atoms with van der Waals surface area (Å²) in [7, 11) is 1.68. The molecule has 110 valence electrons. The van der Waals surface area contributed by atoms with Crippen LogP contribution in [0.25, 0.3) is 0 Å². The number of hydrogen-bond acceptors (Lipinski definition) is 3. The molecule has 1 rings (SSSR count). The SMILES string of the molecule is CCCC[C@H](NC(=O)N(C)C1CCOC1C)C(=O)O. The Balaban J connectivity index is 2.53. The minimum atomic E-state index is -0.981. The van der Waals surface area contributed by atoms with Gasteiger partial charge in [-0.15, -0.1) is 0 Å². The summed E-state index contributed by atoms with van der Waals surface area (Å²) < 4.78 is 5.42. The molecular weight excluding hydrogens is 248 g/mol. The molecule has 0 aromatic carbocycles. The summed E-state index contributed by atoms with van der Waals surface area (Å²) in [5.41, 5.74) is 0. The molecule has 0 spiro atoms. The highest BCUT2D eigenvalue weighted by molar-refractivity contribution is 5.82. The van der Waals surface area contributed by atoms with E-state index in [1.807, 2.05) is 13.8 Å². The van der Waals surface area contributed by atoms with E-state index in [1.165, 1.54) is 0 Å². The van der Waals surface area contributed by atoms with Crippen LogP contribution in [-0.2, 0) is 9.53 Å². The quantitative estimate of drug-likeness (QED) is 0.767. The van der Waals surface area contributed by atoms with Crippen molar-refractivity contribution in [2.45, 2.75) is 57.7 Å². The van der Waals surface area contributed by atoms with Crippen LogP contribution in [0.2, 0.25) is 0 Å². The van der Waals surface area contributed by atoms with Gasteiger partial charge < -0.3 is 20.1 Å². The molecule has 0 bridgehead atoms. The smallest absolute Gasteiger partial charge is 0.326 e. The molecule has 0 aliphatic carbocycles. The highest BCUT2D eigenvalue weighted by atomic mass is 16.5. The van der Waals surface area contributed by atoms with E-state index in [1.54, 1.807) is 11.9 Å². The number of amides is 2. The molecule has 0 radical (unpaired) electrons. The Bertz CT molecular complexity index is 322. The lowest BCUT2D eigenvalue weighted by Gasteiger charge is -2.28. The third-order valence-corrected chi connectivity index (χ3v) is 3.60. The first-order valence-corrected chi connectivity index (χ1v) is 6.85. The predicted octanol–water partition coefficient (Wildman–Crippen LogP) is 1.45. The molecular formula is C13H24N2O4. The Morgan fingerprint density at radius 2 is 2.21 bits per heavy atom. The number of hydrogen-bond donors (Lipinski definition) is 2. The van der Waals surface area contributed by atoms with Gasteiger partial charge in [0.05, 0.1) is 12.1 Å². The van der Waals surface area contributed by atoms with Crippen LogP contribution in [0.4, 0.5) is 4.79 Å². The number of aliphatic carboxylic acids is 1. The van der Waals surface area contributed by atoms with Crippen LogP contribution in [0.1, 0.15) is 39.5 Å². The summed E-state index contributed by atoms with van der Waals surface area (Å²) in [6.45, 7) is 4.55. The second-order valence-corrected chi connectivity index (χ2v) is 5.03. The molecule has 2 amide bonds. The Labute approximate surface area is 114 Å². The molecule has 1 fully saturated rings. The van der Waals surface area contributed by atoms with Crippen LogP contribution in [0.5, 0.6) is 0 Å². The van der Waals surface area contributed by atoms with E-state index in [0.717, 1.165) is 19.3 Å². The lowest BCUT2D eigenvalue weighted by atomic mass is 10.1. The normalized spacial score (nSPS) is 23.9.